The Labute approximate surface area is 311 Å². The van der Waals surface area contributed by atoms with E-state index in [0.717, 1.165) is 56.6 Å². The number of aryl methyl sites for hydroxylation is 1. The van der Waals surface area contributed by atoms with Crippen LogP contribution in [-0.2, 0) is 33.4 Å². The number of fused-ring (bicyclic) bond motifs is 4. The number of nitrogens with zero attached hydrogens (tertiary/aromatic N) is 2. The van der Waals surface area contributed by atoms with Crippen LogP contribution >= 0.6 is 0 Å². The fourth-order valence-electron chi connectivity index (χ4n) is 11.3. The van der Waals surface area contributed by atoms with Crippen molar-refractivity contribution in [3.8, 4) is 0 Å². The van der Waals surface area contributed by atoms with Crippen LogP contribution in [0.4, 0.5) is 0 Å². The van der Waals surface area contributed by atoms with Gasteiger partial charge in [-0.15, -0.1) is 0 Å². The van der Waals surface area contributed by atoms with Gasteiger partial charge in [0.2, 0.25) is 5.91 Å². The lowest BCUT2D eigenvalue weighted by Gasteiger charge is -2.40. The topological polar surface area (TPSA) is 93.5 Å². The number of H-pyrrole nitrogens is 1. The number of rotatable bonds is 6. The Morgan fingerprint density at radius 3 is 2.40 bits per heavy atom. The van der Waals surface area contributed by atoms with E-state index in [-0.39, 0.29) is 36.2 Å². The standard InChI is InChI=1S/C44H59BN4O3/c1-26(2)39(46)41(50)49-24-10-13-37(49)40-47-35-19-14-27(25-36(35)48-40)28-15-16-31(33-20-23-44(38(28)33)21-7-8-22-44)30-17-18-34(32-12-9-11-29(30)32)45-51-42(3,4)43(5,6)52-45/h15-18,25-26,33,37-39H,7-14,19-24,46H2,1-6H3,(H,47,48). The quantitative estimate of drug-likeness (QED) is 0.300. The van der Waals surface area contributed by atoms with Crippen molar-refractivity contribution >= 4 is 30.1 Å². The van der Waals surface area contributed by atoms with Gasteiger partial charge in [0, 0.05) is 12.2 Å². The molecule has 1 aromatic carbocycles. The second-order valence-corrected chi connectivity index (χ2v) is 18.7. The molecule has 7 nitrogen and oxygen atoms in total. The largest absolute Gasteiger partial charge is 0.495 e. The molecule has 7 aliphatic rings. The van der Waals surface area contributed by atoms with Crippen molar-refractivity contribution < 1.29 is 14.1 Å². The third-order valence-corrected chi connectivity index (χ3v) is 14.9. The van der Waals surface area contributed by atoms with Crippen molar-refractivity contribution in [1.29, 1.82) is 0 Å². The van der Waals surface area contributed by atoms with Gasteiger partial charge in [0.05, 0.1) is 29.0 Å². The first-order valence-corrected chi connectivity index (χ1v) is 20.7. The number of hydrogen-bond acceptors (Lipinski definition) is 5. The van der Waals surface area contributed by atoms with Gasteiger partial charge in [-0.25, -0.2) is 4.98 Å². The van der Waals surface area contributed by atoms with Crippen LogP contribution in [0.5, 0.6) is 0 Å². The summed E-state index contributed by atoms with van der Waals surface area (Å²) in [4.78, 5) is 24.2. The number of allylic oxidation sites excluding steroid dienone is 5. The second-order valence-electron chi connectivity index (χ2n) is 18.7. The number of nitrogens with one attached hydrogen (secondary N) is 1. The first-order valence-electron chi connectivity index (χ1n) is 20.7. The van der Waals surface area contributed by atoms with E-state index in [2.05, 4.69) is 63.0 Å². The number of hydrogen-bond donors (Lipinski definition) is 2. The summed E-state index contributed by atoms with van der Waals surface area (Å²) in [6.45, 7) is 13.4. The molecule has 2 aromatic rings. The maximum Gasteiger partial charge on any atom is 0.495 e. The van der Waals surface area contributed by atoms with Gasteiger partial charge in [-0.2, -0.15) is 0 Å². The van der Waals surface area contributed by atoms with E-state index in [1.807, 2.05) is 18.7 Å². The average molecular weight is 703 g/mol. The summed E-state index contributed by atoms with van der Waals surface area (Å²) in [7, 11) is -0.306. The van der Waals surface area contributed by atoms with Gasteiger partial charge in [0.25, 0.3) is 0 Å². The van der Waals surface area contributed by atoms with Crippen molar-refractivity contribution in [2.75, 3.05) is 6.54 Å². The Hall–Kier alpha value is -2.94. The molecule has 4 unspecified atom stereocenters. The highest BCUT2D eigenvalue weighted by Crippen LogP contribution is 2.64. The Bertz CT molecular complexity index is 1860. The van der Waals surface area contributed by atoms with E-state index in [1.54, 1.807) is 16.7 Å². The number of likely N-dealkylation sites (tertiary alicyclic amines) is 1. The van der Waals surface area contributed by atoms with Crippen LogP contribution in [0.1, 0.15) is 146 Å². The molecular weight excluding hydrogens is 643 g/mol. The van der Waals surface area contributed by atoms with E-state index in [4.69, 9.17) is 20.0 Å². The summed E-state index contributed by atoms with van der Waals surface area (Å²) in [6.07, 6.45) is 22.8. The fourth-order valence-corrected chi connectivity index (χ4v) is 11.3. The maximum atomic E-state index is 13.3. The zero-order chi connectivity index (χ0) is 36.2. The average Bonchev–Trinajstić information content (AvgIpc) is 3.97. The van der Waals surface area contributed by atoms with Crippen molar-refractivity contribution in [2.24, 2.45) is 28.9 Å². The molecule has 4 fully saturated rings. The number of nitrogens with two attached hydrogens (primary N) is 1. The van der Waals surface area contributed by atoms with Crippen LogP contribution in [0, 0.1) is 23.2 Å². The van der Waals surface area contributed by atoms with Gasteiger partial charge in [-0.1, -0.05) is 51.0 Å². The van der Waals surface area contributed by atoms with Crippen LogP contribution < -0.4 is 11.2 Å². The highest BCUT2D eigenvalue weighted by Gasteiger charge is 2.55. The van der Waals surface area contributed by atoms with E-state index in [1.165, 1.54) is 72.8 Å². The van der Waals surface area contributed by atoms with E-state index < -0.39 is 6.04 Å². The lowest BCUT2D eigenvalue weighted by Crippen LogP contribution is -2.46. The predicted octanol–water partition coefficient (Wildman–Crippen LogP) is 7.78. The molecule has 2 saturated heterocycles. The van der Waals surface area contributed by atoms with Crippen molar-refractivity contribution in [3.63, 3.8) is 0 Å². The summed E-state index contributed by atoms with van der Waals surface area (Å²) >= 11 is 0. The molecule has 1 amide bonds. The molecule has 8 heteroatoms. The van der Waals surface area contributed by atoms with E-state index >= 15 is 0 Å². The fraction of sp³-hybridized carbons (Fsp3) is 0.636. The number of aromatic nitrogens is 2. The van der Waals surface area contributed by atoms with Crippen molar-refractivity contribution in [1.82, 2.24) is 14.9 Å². The molecule has 5 aliphatic carbocycles. The van der Waals surface area contributed by atoms with Gasteiger partial charge in [0.15, 0.2) is 0 Å². The van der Waals surface area contributed by atoms with Crippen LogP contribution in [0.25, 0.3) is 11.6 Å². The zero-order valence-corrected chi connectivity index (χ0v) is 32.4. The summed E-state index contributed by atoms with van der Waals surface area (Å²) in [5.74, 6) is 2.22. The molecule has 276 valence electrons. The molecule has 3 heterocycles. The van der Waals surface area contributed by atoms with Crippen molar-refractivity contribution in [3.05, 3.63) is 69.3 Å². The monoisotopic (exact) mass is 702 g/mol. The number of carbonyl (C=O) groups excluding carboxylic acids is 1. The van der Waals surface area contributed by atoms with Gasteiger partial charge in [-0.05, 0) is 166 Å². The molecule has 52 heavy (non-hydrogen) atoms. The highest BCUT2D eigenvalue weighted by molar-refractivity contribution is 6.62. The first kappa shape index (κ1) is 34.8. The minimum absolute atomic E-state index is 0.0157. The maximum absolute atomic E-state index is 13.3. The van der Waals surface area contributed by atoms with Gasteiger partial charge >= 0.3 is 7.12 Å². The molecule has 0 bridgehead atoms. The molecular formula is C44H59BN4O3. The zero-order valence-electron chi connectivity index (χ0n) is 32.4. The normalized spacial score (nSPS) is 28.9. The van der Waals surface area contributed by atoms with Gasteiger partial charge in [0.1, 0.15) is 5.82 Å². The van der Waals surface area contributed by atoms with Crippen molar-refractivity contribution in [2.45, 2.75) is 148 Å². The van der Waals surface area contributed by atoms with Crippen LogP contribution in [0.3, 0.4) is 0 Å². The molecule has 1 aromatic heterocycles. The highest BCUT2D eigenvalue weighted by atomic mass is 16.7. The molecule has 1 spiro atoms. The first-order chi connectivity index (χ1) is 24.9. The third kappa shape index (κ3) is 5.39. The van der Waals surface area contributed by atoms with Crippen LogP contribution in [-0.4, -0.2) is 51.7 Å². The Balaban J connectivity index is 1.06. The summed E-state index contributed by atoms with van der Waals surface area (Å²) in [5.41, 5.74) is 18.7. The van der Waals surface area contributed by atoms with Crippen LogP contribution in [0.15, 0.2) is 35.4 Å². The third-order valence-electron chi connectivity index (χ3n) is 14.9. The number of imidazole rings is 1. The summed E-state index contributed by atoms with van der Waals surface area (Å²) in [5, 5.41) is 0. The number of benzene rings is 1. The van der Waals surface area contributed by atoms with E-state index in [0.29, 0.717) is 17.3 Å². The smallest absolute Gasteiger partial charge is 0.399 e. The Morgan fingerprint density at radius 2 is 1.65 bits per heavy atom. The van der Waals surface area contributed by atoms with Gasteiger partial charge in [-0.3, -0.25) is 4.79 Å². The summed E-state index contributed by atoms with van der Waals surface area (Å²) < 4.78 is 13.2. The van der Waals surface area contributed by atoms with Crippen LogP contribution in [0.2, 0.25) is 0 Å². The number of amides is 1. The number of carbonyl (C=O) groups is 1. The summed E-state index contributed by atoms with van der Waals surface area (Å²) in [6, 6.07) is 4.28. The molecule has 2 saturated carbocycles. The molecule has 3 N–H and O–H groups in total. The Morgan fingerprint density at radius 1 is 0.923 bits per heavy atom. The number of aromatic amines is 1. The molecule has 4 atom stereocenters. The van der Waals surface area contributed by atoms with E-state index in [9.17, 15) is 4.79 Å². The minimum atomic E-state index is -0.468. The molecule has 2 aliphatic heterocycles. The SMILES string of the molecule is CC(C)C(N)C(=O)N1CCCC1c1nc2c([nH]1)CCC(C1=CC=C(c3ccc(B4OC(C)(C)C(C)(C)O4)c4c3CCC4)C3CCC4(CCCC4)C13)=C2. The second kappa shape index (κ2) is 12.6. The lowest BCUT2D eigenvalue weighted by atomic mass is 9.63. The molecule has 9 rings (SSSR count). The minimum Gasteiger partial charge on any atom is -0.399 e. The lowest BCUT2D eigenvalue weighted by molar-refractivity contribution is -0.134. The molecule has 0 radical (unpaired) electrons. The van der Waals surface area contributed by atoms with Gasteiger partial charge < -0.3 is 24.9 Å². The Kier molecular flexibility index (Phi) is 8.41. The predicted molar refractivity (Wildman–Crippen MR) is 209 cm³/mol.